The zero-order valence-electron chi connectivity index (χ0n) is 11.0. The van der Waals surface area contributed by atoms with Crippen molar-refractivity contribution in [3.05, 3.63) is 42.0 Å². The summed E-state index contributed by atoms with van der Waals surface area (Å²) in [6.45, 7) is 6.88. The minimum Gasteiger partial charge on any atom is -0.466 e. The maximum atomic E-state index is 11.4. The highest BCUT2D eigenvalue weighted by atomic mass is 28.3. The maximum Gasteiger partial charge on any atom is 0.330 e. The first-order valence-corrected chi connectivity index (χ1v) is 9.47. The lowest BCUT2D eigenvalue weighted by atomic mass is 10.1. The molecular formula is C14H20O2Si. The Morgan fingerprint density at radius 3 is 2.29 bits per heavy atom. The summed E-state index contributed by atoms with van der Waals surface area (Å²) in [5, 5.41) is 0. The highest BCUT2D eigenvalue weighted by molar-refractivity contribution is 6.77. The summed E-state index contributed by atoms with van der Waals surface area (Å²) in [5.74, 6) is -0.276. The van der Waals surface area contributed by atoms with Gasteiger partial charge in [-0.15, -0.1) is 0 Å². The van der Waals surface area contributed by atoms with Gasteiger partial charge < -0.3 is 4.74 Å². The normalized spacial score (nSPS) is 12.4. The molecule has 1 aromatic rings. The van der Waals surface area contributed by atoms with Crippen LogP contribution in [0.15, 0.2) is 36.4 Å². The molecule has 0 unspecified atom stereocenters. The van der Waals surface area contributed by atoms with Crippen LogP contribution in [0, 0.1) is 0 Å². The van der Waals surface area contributed by atoms with E-state index in [1.54, 1.807) is 6.08 Å². The lowest BCUT2D eigenvalue weighted by Crippen LogP contribution is -2.20. The second-order valence-electron chi connectivity index (χ2n) is 5.30. The molecule has 0 fully saturated rings. The number of hydrogen-bond donors (Lipinski definition) is 0. The average molecular weight is 248 g/mol. The van der Waals surface area contributed by atoms with Crippen LogP contribution in [-0.2, 0) is 9.53 Å². The molecule has 0 bridgehead atoms. The molecule has 17 heavy (non-hydrogen) atoms. The summed E-state index contributed by atoms with van der Waals surface area (Å²) in [5.41, 5.74) is 2.19. The third kappa shape index (κ3) is 5.00. The number of carbonyl (C=O) groups is 1. The van der Waals surface area contributed by atoms with Crippen LogP contribution in [-0.4, -0.2) is 21.2 Å². The summed E-state index contributed by atoms with van der Waals surface area (Å²) in [4.78, 5) is 11.4. The fourth-order valence-corrected chi connectivity index (χ4v) is 3.11. The molecule has 1 aromatic carbocycles. The first-order chi connectivity index (χ1) is 7.92. The van der Waals surface area contributed by atoms with Crippen LogP contribution in [0.2, 0.25) is 25.7 Å². The van der Waals surface area contributed by atoms with E-state index >= 15 is 0 Å². The van der Waals surface area contributed by atoms with Gasteiger partial charge in [0.1, 0.15) is 0 Å². The number of allylic oxidation sites excluding steroid dienone is 1. The van der Waals surface area contributed by atoms with E-state index in [4.69, 9.17) is 4.74 Å². The van der Waals surface area contributed by atoms with Gasteiger partial charge in [0.2, 0.25) is 0 Å². The van der Waals surface area contributed by atoms with Gasteiger partial charge in [-0.05, 0) is 17.2 Å². The molecule has 0 aliphatic carbocycles. The second-order valence-corrected chi connectivity index (χ2v) is 10.8. The molecule has 2 nitrogen and oxygen atoms in total. The van der Waals surface area contributed by atoms with E-state index in [1.165, 1.54) is 7.11 Å². The van der Waals surface area contributed by atoms with Crippen molar-refractivity contribution >= 4 is 19.6 Å². The first kappa shape index (κ1) is 13.7. The van der Waals surface area contributed by atoms with Crippen LogP contribution in [0.3, 0.4) is 0 Å². The van der Waals surface area contributed by atoms with Crippen LogP contribution in [0.25, 0.3) is 5.57 Å². The van der Waals surface area contributed by atoms with Gasteiger partial charge in [0.05, 0.1) is 7.11 Å². The summed E-state index contributed by atoms with van der Waals surface area (Å²) in [6.07, 6.45) is 1.62. The number of benzene rings is 1. The molecule has 1 rings (SSSR count). The van der Waals surface area contributed by atoms with Crippen molar-refractivity contribution in [1.29, 1.82) is 0 Å². The van der Waals surface area contributed by atoms with E-state index in [2.05, 4.69) is 19.6 Å². The monoisotopic (exact) mass is 248 g/mol. The van der Waals surface area contributed by atoms with E-state index in [-0.39, 0.29) is 5.97 Å². The number of hydrogen-bond acceptors (Lipinski definition) is 2. The number of carbonyl (C=O) groups excluding carboxylic acids is 1. The highest BCUT2D eigenvalue weighted by Gasteiger charge is 2.17. The van der Waals surface area contributed by atoms with Crippen molar-refractivity contribution in [2.45, 2.75) is 25.7 Å². The molecule has 0 radical (unpaired) electrons. The SMILES string of the molecule is COC(=O)/C=C(/C[Si](C)(C)C)c1ccccc1. The lowest BCUT2D eigenvalue weighted by Gasteiger charge is -2.18. The van der Waals surface area contributed by atoms with Crippen molar-refractivity contribution in [2.75, 3.05) is 7.11 Å². The molecule has 0 aliphatic heterocycles. The van der Waals surface area contributed by atoms with Gasteiger partial charge in [0.25, 0.3) is 0 Å². The Morgan fingerprint density at radius 2 is 1.82 bits per heavy atom. The number of esters is 1. The van der Waals surface area contributed by atoms with Crippen molar-refractivity contribution in [2.24, 2.45) is 0 Å². The summed E-state index contributed by atoms with van der Waals surface area (Å²) < 4.78 is 4.72. The quantitative estimate of drug-likeness (QED) is 0.462. The number of rotatable bonds is 4. The molecule has 0 spiro atoms. The Morgan fingerprint density at radius 1 is 1.24 bits per heavy atom. The molecule has 0 atom stereocenters. The van der Waals surface area contributed by atoms with Crippen molar-refractivity contribution < 1.29 is 9.53 Å². The summed E-state index contributed by atoms with van der Waals surface area (Å²) >= 11 is 0. The Labute approximate surface area is 104 Å². The molecule has 92 valence electrons. The molecule has 0 saturated carbocycles. The van der Waals surface area contributed by atoms with Gasteiger partial charge in [-0.1, -0.05) is 50.0 Å². The molecule has 0 amide bonds. The fraction of sp³-hybridized carbons (Fsp3) is 0.357. The zero-order chi connectivity index (χ0) is 12.9. The van der Waals surface area contributed by atoms with Crippen molar-refractivity contribution in [1.82, 2.24) is 0 Å². The molecule has 0 N–H and O–H groups in total. The molecule has 0 aromatic heterocycles. The number of ether oxygens (including phenoxy) is 1. The number of methoxy groups -OCH3 is 1. The van der Waals surface area contributed by atoms with E-state index < -0.39 is 8.07 Å². The van der Waals surface area contributed by atoms with Crippen LogP contribution >= 0.6 is 0 Å². The predicted octanol–water partition coefficient (Wildman–Crippen LogP) is 3.58. The Balaban J connectivity index is 3.03. The Bertz CT molecular complexity index is 402. The summed E-state index contributed by atoms with van der Waals surface area (Å²) in [7, 11) is 0.154. The molecule has 0 heterocycles. The van der Waals surface area contributed by atoms with Crippen LogP contribution in [0.1, 0.15) is 5.56 Å². The van der Waals surface area contributed by atoms with E-state index in [0.29, 0.717) is 0 Å². The topological polar surface area (TPSA) is 26.3 Å². The van der Waals surface area contributed by atoms with Crippen molar-refractivity contribution in [3.63, 3.8) is 0 Å². The van der Waals surface area contributed by atoms with Crippen LogP contribution in [0.5, 0.6) is 0 Å². The maximum absolute atomic E-state index is 11.4. The van der Waals surface area contributed by atoms with Crippen molar-refractivity contribution in [3.8, 4) is 0 Å². The third-order valence-corrected chi connectivity index (χ3v) is 3.80. The smallest absolute Gasteiger partial charge is 0.330 e. The van der Waals surface area contributed by atoms with Gasteiger partial charge in [-0.3, -0.25) is 0 Å². The second kappa shape index (κ2) is 5.82. The molecule has 3 heteroatoms. The largest absolute Gasteiger partial charge is 0.466 e. The fourth-order valence-electron chi connectivity index (χ4n) is 1.66. The van der Waals surface area contributed by atoms with Crippen LogP contribution in [0.4, 0.5) is 0 Å². The predicted molar refractivity (Wildman–Crippen MR) is 74.6 cm³/mol. The van der Waals surface area contributed by atoms with Gasteiger partial charge >= 0.3 is 5.97 Å². The van der Waals surface area contributed by atoms with E-state index in [9.17, 15) is 4.79 Å². The first-order valence-electron chi connectivity index (χ1n) is 5.76. The van der Waals surface area contributed by atoms with Gasteiger partial charge in [-0.2, -0.15) is 0 Å². The molecule has 0 aliphatic rings. The van der Waals surface area contributed by atoms with Gasteiger partial charge in [-0.25, -0.2) is 4.79 Å². The molecule has 0 saturated heterocycles. The van der Waals surface area contributed by atoms with E-state index in [0.717, 1.165) is 17.2 Å². The standard InChI is InChI=1S/C14H20O2Si/c1-16-14(15)10-13(11-17(2,3)4)12-8-6-5-7-9-12/h5-10H,11H2,1-4H3/b13-10-. The van der Waals surface area contributed by atoms with Gasteiger partial charge in [0.15, 0.2) is 0 Å². The molecular weight excluding hydrogens is 228 g/mol. The average Bonchev–Trinajstić information content (AvgIpc) is 2.27. The third-order valence-electron chi connectivity index (χ3n) is 2.36. The lowest BCUT2D eigenvalue weighted by molar-refractivity contribution is -0.134. The minimum atomic E-state index is -1.26. The van der Waals surface area contributed by atoms with E-state index in [1.807, 2.05) is 30.3 Å². The Hall–Kier alpha value is -1.35. The van der Waals surface area contributed by atoms with Crippen LogP contribution < -0.4 is 0 Å². The minimum absolute atomic E-state index is 0.276. The highest BCUT2D eigenvalue weighted by Crippen LogP contribution is 2.25. The Kier molecular flexibility index (Phi) is 4.69. The zero-order valence-corrected chi connectivity index (χ0v) is 12.0. The van der Waals surface area contributed by atoms with Gasteiger partial charge in [0, 0.05) is 14.1 Å². The summed E-state index contributed by atoms with van der Waals surface area (Å²) in [6, 6.07) is 11.0.